The molecule has 2 saturated heterocycles. The Morgan fingerprint density at radius 3 is 2.62 bits per heavy atom. The summed E-state index contributed by atoms with van der Waals surface area (Å²) in [6.07, 6.45) is 1.16. The fraction of sp³-hybridized carbons (Fsp3) is 0.619. The average molecular weight is 583 g/mol. The molecule has 0 saturated carbocycles. The van der Waals surface area contributed by atoms with E-state index in [1.807, 2.05) is 0 Å². The highest BCUT2D eigenvalue weighted by molar-refractivity contribution is 7.47. The first kappa shape index (κ1) is 28.3. The Balaban J connectivity index is 1.25. The Hall–Kier alpha value is -3.25. The van der Waals surface area contributed by atoms with Crippen molar-refractivity contribution in [3.63, 3.8) is 0 Å². The van der Waals surface area contributed by atoms with Crippen molar-refractivity contribution in [1.29, 1.82) is 0 Å². The second kappa shape index (κ2) is 10.3. The smallest absolute Gasteiger partial charge is 0.382 e. The lowest BCUT2D eigenvalue weighted by Gasteiger charge is -2.27. The molecule has 2 fully saturated rings. The summed E-state index contributed by atoms with van der Waals surface area (Å²) in [7, 11) is -3.19. The van der Waals surface area contributed by atoms with Crippen LogP contribution in [0.2, 0.25) is 0 Å². The first-order valence-electron chi connectivity index (χ1n) is 12.3. The Labute approximate surface area is 226 Å². The molecular formula is C21H30N9O9P. The van der Waals surface area contributed by atoms with E-state index in [4.69, 9.17) is 34.7 Å². The first-order valence-corrected chi connectivity index (χ1v) is 13.8. The Bertz CT molecular complexity index is 1580. The summed E-state index contributed by atoms with van der Waals surface area (Å²) in [4.78, 5) is 53.2. The molecule has 18 nitrogen and oxygen atoms in total. The predicted octanol–water partition coefficient (Wildman–Crippen LogP) is -0.602. The van der Waals surface area contributed by atoms with Gasteiger partial charge in [-0.3, -0.25) is 28.0 Å². The van der Waals surface area contributed by atoms with Crippen LogP contribution in [0.25, 0.3) is 11.2 Å². The number of phosphoric ester groups is 1. The number of hydrogen-bond donors (Lipinski definition) is 4. The van der Waals surface area contributed by atoms with E-state index in [1.54, 1.807) is 18.4 Å². The number of anilines is 2. The summed E-state index contributed by atoms with van der Waals surface area (Å²) in [6.45, 7) is 3.11. The molecule has 3 aromatic rings. The van der Waals surface area contributed by atoms with E-state index < -0.39 is 48.8 Å². The van der Waals surface area contributed by atoms with Crippen LogP contribution < -0.4 is 22.7 Å². The quantitative estimate of drug-likeness (QED) is 0.230. The molecule has 19 heteroatoms. The van der Waals surface area contributed by atoms with E-state index in [0.29, 0.717) is 12.8 Å². The third-order valence-corrected chi connectivity index (χ3v) is 7.95. The van der Waals surface area contributed by atoms with Crippen LogP contribution in [0.5, 0.6) is 0 Å². The molecule has 5 heterocycles. The van der Waals surface area contributed by atoms with E-state index in [1.165, 1.54) is 19.8 Å². The number of aromatic nitrogens is 7. The standard InChI is InChI=1S/C21H30N9O9P/c1-20(29-9-24-14-15(29)26-18(23)27-16(14)31)5-4-11(37-20)7-36-40(33,34)39-12-6-21(2,38-13(12)8-35-3)30-10-25-17(22)28-19(30)32/h9-13H,4-8H2,1-3H3,(H,33,34)(H2,22,28,32)(H3,23,26,27,31)/t11-,12+,13+,20?,21?/m0/s1. The van der Waals surface area contributed by atoms with Gasteiger partial charge >= 0.3 is 13.5 Å². The maximum absolute atomic E-state index is 12.9. The number of rotatable bonds is 9. The van der Waals surface area contributed by atoms with Crippen LogP contribution in [0.3, 0.4) is 0 Å². The van der Waals surface area contributed by atoms with Gasteiger partial charge in [0.25, 0.3) is 5.56 Å². The van der Waals surface area contributed by atoms with Crippen molar-refractivity contribution in [3.05, 3.63) is 33.5 Å². The zero-order valence-electron chi connectivity index (χ0n) is 21.9. The fourth-order valence-electron chi connectivity index (χ4n) is 5.04. The number of phosphoric acid groups is 1. The Morgan fingerprint density at radius 2 is 1.90 bits per heavy atom. The highest BCUT2D eigenvalue weighted by Gasteiger charge is 2.49. The highest BCUT2D eigenvalue weighted by atomic mass is 31.2. The van der Waals surface area contributed by atoms with Crippen LogP contribution in [-0.2, 0) is 39.3 Å². The number of nitrogen functional groups attached to an aromatic ring is 2. The molecule has 6 N–H and O–H groups in total. The van der Waals surface area contributed by atoms with E-state index in [9.17, 15) is 19.0 Å². The van der Waals surface area contributed by atoms with Gasteiger partial charge < -0.3 is 30.6 Å². The number of ether oxygens (including phenoxy) is 3. The zero-order chi connectivity index (χ0) is 28.9. The maximum atomic E-state index is 12.9. The van der Waals surface area contributed by atoms with Crippen molar-refractivity contribution in [2.45, 2.75) is 62.9 Å². The summed E-state index contributed by atoms with van der Waals surface area (Å²) in [6, 6.07) is 0. The largest absolute Gasteiger partial charge is 0.472 e. The molecule has 0 aromatic carbocycles. The second-order valence-electron chi connectivity index (χ2n) is 9.96. The fourth-order valence-corrected chi connectivity index (χ4v) is 6.01. The van der Waals surface area contributed by atoms with Gasteiger partial charge in [0, 0.05) is 13.5 Å². The van der Waals surface area contributed by atoms with E-state index in [0.717, 1.165) is 4.57 Å². The van der Waals surface area contributed by atoms with Gasteiger partial charge in [0.05, 0.1) is 25.6 Å². The maximum Gasteiger partial charge on any atom is 0.472 e. The van der Waals surface area contributed by atoms with Gasteiger partial charge in [-0.2, -0.15) is 9.97 Å². The number of methoxy groups -OCH3 is 1. The molecule has 3 aromatic heterocycles. The van der Waals surface area contributed by atoms with Gasteiger partial charge in [-0.15, -0.1) is 0 Å². The minimum atomic E-state index is -4.62. The third kappa shape index (κ3) is 5.38. The van der Waals surface area contributed by atoms with Crippen LogP contribution >= 0.6 is 7.82 Å². The summed E-state index contributed by atoms with van der Waals surface area (Å²) in [5, 5.41) is 0. The number of nitrogens with one attached hydrogen (secondary N) is 1. The molecule has 0 radical (unpaired) electrons. The van der Waals surface area contributed by atoms with Gasteiger partial charge in [0.2, 0.25) is 11.9 Å². The van der Waals surface area contributed by atoms with Crippen molar-refractivity contribution >= 4 is 30.9 Å². The summed E-state index contributed by atoms with van der Waals surface area (Å²) in [5.41, 5.74) is 8.08. The molecule has 3 unspecified atom stereocenters. The lowest BCUT2D eigenvalue weighted by molar-refractivity contribution is -0.113. The van der Waals surface area contributed by atoms with Gasteiger partial charge in [0.15, 0.2) is 16.9 Å². The Morgan fingerprint density at radius 1 is 1.15 bits per heavy atom. The first-order chi connectivity index (χ1) is 18.8. The van der Waals surface area contributed by atoms with Crippen molar-refractivity contribution in [2.75, 3.05) is 31.8 Å². The van der Waals surface area contributed by atoms with Crippen LogP contribution in [0.1, 0.15) is 33.1 Å². The second-order valence-corrected chi connectivity index (χ2v) is 11.4. The number of H-pyrrole nitrogens is 1. The molecule has 0 spiro atoms. The third-order valence-electron chi connectivity index (χ3n) is 6.94. The van der Waals surface area contributed by atoms with Crippen molar-refractivity contribution in [3.8, 4) is 0 Å². The molecule has 0 amide bonds. The molecular weight excluding hydrogens is 553 g/mol. The molecule has 6 atom stereocenters. The van der Waals surface area contributed by atoms with Crippen LogP contribution in [-0.4, -0.2) is 77.6 Å². The van der Waals surface area contributed by atoms with Crippen molar-refractivity contribution < 1.29 is 32.7 Å². The molecule has 0 bridgehead atoms. The molecule has 5 rings (SSSR count). The Kier molecular flexibility index (Phi) is 7.28. The highest BCUT2D eigenvalue weighted by Crippen LogP contribution is 2.50. The van der Waals surface area contributed by atoms with Crippen molar-refractivity contribution in [1.82, 2.24) is 34.1 Å². The van der Waals surface area contributed by atoms with Crippen LogP contribution in [0, 0.1) is 0 Å². The summed E-state index contributed by atoms with van der Waals surface area (Å²) in [5.74, 6) is -0.260. The number of nitrogens with zero attached hydrogens (tertiary/aromatic N) is 6. The topological polar surface area (TPSA) is 247 Å². The van der Waals surface area contributed by atoms with E-state index in [-0.39, 0.29) is 42.7 Å². The average Bonchev–Trinajstić information content (AvgIpc) is 3.54. The van der Waals surface area contributed by atoms with E-state index >= 15 is 0 Å². The number of fused-ring (bicyclic) bond motifs is 1. The van der Waals surface area contributed by atoms with Gasteiger partial charge in [-0.1, -0.05) is 0 Å². The van der Waals surface area contributed by atoms with Crippen LogP contribution in [0.15, 0.2) is 22.2 Å². The van der Waals surface area contributed by atoms with Gasteiger partial charge in [-0.25, -0.2) is 19.3 Å². The number of aromatic amines is 1. The molecule has 2 aliphatic rings. The van der Waals surface area contributed by atoms with E-state index in [2.05, 4.69) is 24.9 Å². The van der Waals surface area contributed by atoms with Crippen LogP contribution in [0.4, 0.5) is 11.9 Å². The zero-order valence-corrected chi connectivity index (χ0v) is 22.8. The van der Waals surface area contributed by atoms with Gasteiger partial charge in [0.1, 0.15) is 24.3 Å². The van der Waals surface area contributed by atoms with Gasteiger partial charge in [-0.05, 0) is 26.7 Å². The lowest BCUT2D eigenvalue weighted by Crippen LogP contribution is -2.40. The minimum absolute atomic E-state index is 0.00910. The molecule has 218 valence electrons. The lowest BCUT2D eigenvalue weighted by atomic mass is 10.1. The summed E-state index contributed by atoms with van der Waals surface area (Å²) >= 11 is 0. The number of hydrogen-bond acceptors (Lipinski definition) is 14. The SMILES string of the molecule is COC[C@H]1OC(C)(n2cnc(N)nc2=O)C[C@H]1OP(=O)(O)OC[C@@H]1CCC(C)(n2cnc3c(=O)[nH]c(N)nc32)O1. The predicted molar refractivity (Wildman–Crippen MR) is 137 cm³/mol. The number of imidazole rings is 1. The molecule has 0 aliphatic carbocycles. The molecule has 40 heavy (non-hydrogen) atoms. The normalized spacial score (nSPS) is 30.1. The molecule has 2 aliphatic heterocycles. The van der Waals surface area contributed by atoms with Crippen molar-refractivity contribution in [2.24, 2.45) is 0 Å². The minimum Gasteiger partial charge on any atom is -0.382 e. The monoisotopic (exact) mass is 583 g/mol. The number of nitrogens with two attached hydrogens (primary N) is 2. The summed E-state index contributed by atoms with van der Waals surface area (Å²) < 4.78 is 43.7.